The van der Waals surface area contributed by atoms with Crippen molar-refractivity contribution < 1.29 is 13.9 Å². The summed E-state index contributed by atoms with van der Waals surface area (Å²) in [6, 6.07) is 13.7. The molecule has 2 aromatic heterocycles. The van der Waals surface area contributed by atoms with Gasteiger partial charge in [0.05, 0.1) is 18.9 Å². The Hall–Kier alpha value is -3.79. The van der Waals surface area contributed by atoms with Crippen molar-refractivity contribution in [3.8, 4) is 22.9 Å². The smallest absolute Gasteiger partial charge is 0.257 e. The van der Waals surface area contributed by atoms with Crippen molar-refractivity contribution in [2.75, 3.05) is 31.6 Å². The Morgan fingerprint density at radius 2 is 2.03 bits per heavy atom. The molecule has 170 valence electrons. The number of pyridine rings is 1. The van der Waals surface area contributed by atoms with Gasteiger partial charge < -0.3 is 19.0 Å². The molecule has 0 bridgehead atoms. The van der Waals surface area contributed by atoms with E-state index in [0.717, 1.165) is 16.8 Å². The van der Waals surface area contributed by atoms with Gasteiger partial charge in [-0.25, -0.2) is 4.98 Å². The van der Waals surface area contributed by atoms with Gasteiger partial charge >= 0.3 is 0 Å². The first-order valence-corrected chi connectivity index (χ1v) is 11.1. The van der Waals surface area contributed by atoms with Crippen molar-refractivity contribution in [1.82, 2.24) is 9.88 Å². The van der Waals surface area contributed by atoms with Crippen LogP contribution in [-0.2, 0) is 0 Å². The molecule has 1 aliphatic rings. The molecule has 1 amide bonds. The normalized spacial score (nSPS) is 16.1. The highest BCUT2D eigenvalue weighted by Gasteiger charge is 2.31. The van der Waals surface area contributed by atoms with Crippen LogP contribution in [-0.4, -0.2) is 48.6 Å². The molecule has 4 rings (SSSR count). The number of furan rings is 1. The minimum atomic E-state index is -0.0492. The van der Waals surface area contributed by atoms with E-state index in [2.05, 4.69) is 24.8 Å². The van der Waals surface area contributed by atoms with E-state index < -0.39 is 0 Å². The van der Waals surface area contributed by atoms with Crippen LogP contribution in [0.25, 0.3) is 11.1 Å². The number of rotatable bonds is 5. The molecule has 0 radical (unpaired) electrons. The van der Waals surface area contributed by atoms with E-state index in [-0.39, 0.29) is 17.9 Å². The number of nitrogens with zero attached hydrogens (tertiary/aromatic N) is 4. The largest absolute Gasteiger partial charge is 0.496 e. The Balaban J connectivity index is 1.73. The van der Waals surface area contributed by atoms with Crippen molar-refractivity contribution in [2.45, 2.75) is 32.7 Å². The van der Waals surface area contributed by atoms with E-state index in [4.69, 9.17) is 14.1 Å². The van der Waals surface area contributed by atoms with Gasteiger partial charge in [0.1, 0.15) is 29.5 Å². The first-order chi connectivity index (χ1) is 15.9. The number of aromatic nitrogens is 1. The minimum Gasteiger partial charge on any atom is -0.496 e. The van der Waals surface area contributed by atoms with Gasteiger partial charge in [0.15, 0.2) is 0 Å². The number of hydrogen-bond acceptors (Lipinski definition) is 6. The summed E-state index contributed by atoms with van der Waals surface area (Å²) in [6.07, 6.45) is 2.98. The highest BCUT2D eigenvalue weighted by molar-refractivity contribution is 5.94. The number of anilines is 1. The molecule has 1 atom stereocenters. The topological polar surface area (TPSA) is 82.6 Å². The number of carbonyl (C=O) groups excluding carboxylic acids is 1. The second-order valence-electron chi connectivity index (χ2n) is 8.57. The number of amides is 1. The van der Waals surface area contributed by atoms with Crippen molar-refractivity contribution in [1.29, 1.82) is 5.26 Å². The molecular weight excluding hydrogens is 416 g/mol. The van der Waals surface area contributed by atoms with Crippen LogP contribution in [0.4, 0.5) is 5.82 Å². The van der Waals surface area contributed by atoms with Crippen LogP contribution in [0.2, 0.25) is 0 Å². The third-order valence-electron chi connectivity index (χ3n) is 6.08. The van der Waals surface area contributed by atoms with E-state index in [1.54, 1.807) is 13.2 Å². The van der Waals surface area contributed by atoms with Crippen LogP contribution in [0.3, 0.4) is 0 Å². The van der Waals surface area contributed by atoms with Gasteiger partial charge in [-0.1, -0.05) is 32.0 Å². The van der Waals surface area contributed by atoms with Crippen LogP contribution in [0.1, 0.15) is 48.3 Å². The monoisotopic (exact) mass is 444 g/mol. The number of piperazine rings is 1. The summed E-state index contributed by atoms with van der Waals surface area (Å²) >= 11 is 0. The number of benzene rings is 1. The van der Waals surface area contributed by atoms with Crippen molar-refractivity contribution in [2.24, 2.45) is 0 Å². The standard InChI is InChI=1S/C26H28N4O3/c1-17(2)23-13-21(20-7-5-6-8-24(20)32-4)22(14-27)25(28-23)29-10-11-30(18(3)15-29)26(31)19-9-12-33-16-19/h5-9,12-13,16-18H,10-11,15H2,1-4H3. The number of ether oxygens (including phenoxy) is 1. The maximum Gasteiger partial charge on any atom is 0.257 e. The Bertz CT molecular complexity index is 1180. The maximum atomic E-state index is 12.9. The lowest BCUT2D eigenvalue weighted by atomic mass is 9.96. The number of nitriles is 1. The van der Waals surface area contributed by atoms with E-state index in [9.17, 15) is 10.1 Å². The first kappa shape index (κ1) is 22.4. The van der Waals surface area contributed by atoms with Gasteiger partial charge in [0, 0.05) is 42.5 Å². The molecule has 1 aromatic carbocycles. The van der Waals surface area contributed by atoms with Gasteiger partial charge in [0.25, 0.3) is 5.91 Å². The summed E-state index contributed by atoms with van der Waals surface area (Å²) in [5.74, 6) is 1.51. The number of hydrogen-bond donors (Lipinski definition) is 0. The molecule has 1 saturated heterocycles. The minimum absolute atomic E-state index is 0.0463. The third-order valence-corrected chi connectivity index (χ3v) is 6.08. The molecule has 3 heterocycles. The summed E-state index contributed by atoms with van der Waals surface area (Å²) < 4.78 is 10.7. The SMILES string of the molecule is COc1ccccc1-c1cc(C(C)C)nc(N2CCN(C(=O)c3ccoc3)C(C)C2)c1C#N. The van der Waals surface area contributed by atoms with E-state index in [0.29, 0.717) is 42.3 Å². The molecule has 0 aliphatic carbocycles. The zero-order valence-corrected chi connectivity index (χ0v) is 19.4. The van der Waals surface area contributed by atoms with E-state index >= 15 is 0 Å². The number of carbonyl (C=O) groups is 1. The van der Waals surface area contributed by atoms with Gasteiger partial charge in [-0.15, -0.1) is 0 Å². The lowest BCUT2D eigenvalue weighted by Gasteiger charge is -2.40. The molecule has 1 aliphatic heterocycles. The second-order valence-corrected chi connectivity index (χ2v) is 8.57. The molecule has 0 saturated carbocycles. The van der Waals surface area contributed by atoms with Gasteiger partial charge in [0.2, 0.25) is 0 Å². The second kappa shape index (κ2) is 9.37. The molecule has 1 fully saturated rings. The summed E-state index contributed by atoms with van der Waals surface area (Å²) in [5.41, 5.74) is 3.66. The molecule has 3 aromatic rings. The summed E-state index contributed by atoms with van der Waals surface area (Å²) in [5, 5.41) is 10.2. The van der Waals surface area contributed by atoms with Crippen LogP contribution in [0.5, 0.6) is 5.75 Å². The van der Waals surface area contributed by atoms with Crippen LogP contribution < -0.4 is 9.64 Å². The maximum absolute atomic E-state index is 12.9. The molecule has 7 heteroatoms. The van der Waals surface area contributed by atoms with Crippen molar-refractivity contribution in [3.63, 3.8) is 0 Å². The lowest BCUT2D eigenvalue weighted by molar-refractivity contribution is 0.0673. The zero-order chi connectivity index (χ0) is 23.5. The summed E-state index contributed by atoms with van der Waals surface area (Å²) in [4.78, 5) is 21.7. The molecule has 33 heavy (non-hydrogen) atoms. The average Bonchev–Trinajstić information content (AvgIpc) is 3.37. The molecule has 1 unspecified atom stereocenters. The lowest BCUT2D eigenvalue weighted by Crippen LogP contribution is -2.54. The quantitative estimate of drug-likeness (QED) is 0.567. The molecule has 0 N–H and O–H groups in total. The summed E-state index contributed by atoms with van der Waals surface area (Å²) in [6.45, 7) is 7.90. The third kappa shape index (κ3) is 4.29. The Kier molecular flexibility index (Phi) is 6.36. The molecule has 0 spiro atoms. The highest BCUT2D eigenvalue weighted by atomic mass is 16.5. The number of methoxy groups -OCH3 is 1. The number of para-hydroxylation sites is 1. The van der Waals surface area contributed by atoms with Gasteiger partial charge in [-0.05, 0) is 31.0 Å². The van der Waals surface area contributed by atoms with Crippen LogP contribution >= 0.6 is 0 Å². The highest BCUT2D eigenvalue weighted by Crippen LogP contribution is 2.37. The predicted molar refractivity (Wildman–Crippen MR) is 126 cm³/mol. The Labute approximate surface area is 194 Å². The fourth-order valence-electron chi connectivity index (χ4n) is 4.27. The zero-order valence-electron chi connectivity index (χ0n) is 19.4. The predicted octanol–water partition coefficient (Wildman–Crippen LogP) is 4.70. The average molecular weight is 445 g/mol. The van der Waals surface area contributed by atoms with Gasteiger partial charge in [-0.2, -0.15) is 5.26 Å². The van der Waals surface area contributed by atoms with E-state index in [1.807, 2.05) is 42.2 Å². The molecule has 7 nitrogen and oxygen atoms in total. The van der Waals surface area contributed by atoms with Crippen molar-refractivity contribution in [3.05, 3.63) is 65.7 Å². The molecular formula is C26H28N4O3. The van der Waals surface area contributed by atoms with E-state index in [1.165, 1.54) is 12.5 Å². The Morgan fingerprint density at radius 3 is 2.67 bits per heavy atom. The van der Waals surface area contributed by atoms with Crippen LogP contribution in [0.15, 0.2) is 53.3 Å². The van der Waals surface area contributed by atoms with Gasteiger partial charge in [-0.3, -0.25) is 4.79 Å². The first-order valence-electron chi connectivity index (χ1n) is 11.1. The summed E-state index contributed by atoms with van der Waals surface area (Å²) in [7, 11) is 1.63. The van der Waals surface area contributed by atoms with Crippen LogP contribution in [0, 0.1) is 11.3 Å². The Morgan fingerprint density at radius 1 is 1.24 bits per heavy atom. The van der Waals surface area contributed by atoms with Crippen molar-refractivity contribution >= 4 is 11.7 Å². The fourth-order valence-corrected chi connectivity index (χ4v) is 4.27. The fraction of sp³-hybridized carbons (Fsp3) is 0.346.